The van der Waals surface area contributed by atoms with Crippen molar-refractivity contribution in [3.8, 4) is 0 Å². The number of nitrogens with two attached hydrogens (primary N) is 1. The van der Waals surface area contributed by atoms with Gasteiger partial charge in [-0.15, -0.1) is 0 Å². The van der Waals surface area contributed by atoms with E-state index in [9.17, 15) is 0 Å². The smallest absolute Gasteiger partial charge is 0.109 e. The van der Waals surface area contributed by atoms with Gasteiger partial charge in [0.1, 0.15) is 5.82 Å². The number of nitrogen functional groups attached to an aromatic ring is 1. The largest absolute Gasteiger partial charge is 0.399 e. The first-order valence-corrected chi connectivity index (χ1v) is 8.51. The highest BCUT2D eigenvalue weighted by molar-refractivity contribution is 5.79. The van der Waals surface area contributed by atoms with Gasteiger partial charge in [0.05, 0.1) is 11.0 Å². The lowest BCUT2D eigenvalue weighted by atomic mass is 9.82. The molecule has 1 saturated carbocycles. The number of aryl methyl sites for hydroxylation is 1. The fraction of sp³-hybridized carbons (Fsp3) is 0.611. The predicted molar refractivity (Wildman–Crippen MR) is 89.4 cm³/mol. The minimum atomic E-state index is 0.592. The summed E-state index contributed by atoms with van der Waals surface area (Å²) in [4.78, 5) is 4.84. The third-order valence-electron chi connectivity index (χ3n) is 5.05. The SMILES string of the molecule is CCc1nc2cc(N)ccc2n1C(CC)C1CCCCC1. The van der Waals surface area contributed by atoms with Gasteiger partial charge in [-0.2, -0.15) is 0 Å². The molecular weight excluding hydrogens is 258 g/mol. The molecule has 1 aromatic heterocycles. The quantitative estimate of drug-likeness (QED) is 0.827. The molecule has 0 spiro atoms. The monoisotopic (exact) mass is 285 g/mol. The number of benzene rings is 1. The standard InChI is InChI=1S/C18H27N3/c1-3-16(13-8-6-5-7-9-13)21-17-11-10-14(19)12-15(17)20-18(21)4-2/h10-13,16H,3-9,19H2,1-2H3. The zero-order valence-corrected chi connectivity index (χ0v) is 13.3. The third-order valence-corrected chi connectivity index (χ3v) is 5.05. The van der Waals surface area contributed by atoms with Gasteiger partial charge in [-0.3, -0.25) is 0 Å². The summed E-state index contributed by atoms with van der Waals surface area (Å²) in [6, 6.07) is 6.77. The van der Waals surface area contributed by atoms with E-state index < -0.39 is 0 Å². The number of rotatable bonds is 4. The van der Waals surface area contributed by atoms with Crippen LogP contribution in [0.3, 0.4) is 0 Å². The maximum atomic E-state index is 5.93. The Hall–Kier alpha value is -1.51. The average molecular weight is 285 g/mol. The van der Waals surface area contributed by atoms with Crippen molar-refractivity contribution < 1.29 is 0 Å². The van der Waals surface area contributed by atoms with Crippen molar-refractivity contribution in [1.29, 1.82) is 0 Å². The maximum Gasteiger partial charge on any atom is 0.109 e. The van der Waals surface area contributed by atoms with Crippen LogP contribution < -0.4 is 5.73 Å². The molecule has 3 nitrogen and oxygen atoms in total. The summed E-state index contributed by atoms with van der Waals surface area (Å²) in [6.45, 7) is 4.52. The molecule has 3 rings (SSSR count). The lowest BCUT2D eigenvalue weighted by Crippen LogP contribution is -2.22. The van der Waals surface area contributed by atoms with Gasteiger partial charge in [0, 0.05) is 18.2 Å². The molecule has 1 aliphatic rings. The second-order valence-corrected chi connectivity index (χ2v) is 6.37. The molecular formula is C18H27N3. The summed E-state index contributed by atoms with van der Waals surface area (Å²) < 4.78 is 2.52. The third kappa shape index (κ3) is 2.66. The van der Waals surface area contributed by atoms with Gasteiger partial charge in [0.15, 0.2) is 0 Å². The second kappa shape index (κ2) is 6.08. The highest BCUT2D eigenvalue weighted by Crippen LogP contribution is 2.37. The number of aromatic nitrogens is 2. The van der Waals surface area contributed by atoms with Crippen LogP contribution in [0.15, 0.2) is 18.2 Å². The van der Waals surface area contributed by atoms with Crippen LogP contribution in [-0.2, 0) is 6.42 Å². The van der Waals surface area contributed by atoms with Crippen LogP contribution in [0.2, 0.25) is 0 Å². The summed E-state index contributed by atoms with van der Waals surface area (Å²) >= 11 is 0. The summed E-state index contributed by atoms with van der Waals surface area (Å²) in [5.41, 5.74) is 9.05. The van der Waals surface area contributed by atoms with Crippen LogP contribution in [0.5, 0.6) is 0 Å². The van der Waals surface area contributed by atoms with Crippen molar-refractivity contribution in [3.63, 3.8) is 0 Å². The number of anilines is 1. The molecule has 1 unspecified atom stereocenters. The van der Waals surface area contributed by atoms with Crippen molar-refractivity contribution in [1.82, 2.24) is 9.55 Å². The van der Waals surface area contributed by atoms with Gasteiger partial charge in [-0.05, 0) is 43.4 Å². The highest BCUT2D eigenvalue weighted by atomic mass is 15.1. The van der Waals surface area contributed by atoms with E-state index >= 15 is 0 Å². The van der Waals surface area contributed by atoms with Crippen molar-refractivity contribution in [2.75, 3.05) is 5.73 Å². The van der Waals surface area contributed by atoms with E-state index in [1.54, 1.807) is 0 Å². The van der Waals surface area contributed by atoms with E-state index in [-0.39, 0.29) is 0 Å². The fourth-order valence-corrected chi connectivity index (χ4v) is 4.03. The predicted octanol–water partition coefficient (Wildman–Crippen LogP) is 4.71. The zero-order valence-electron chi connectivity index (χ0n) is 13.3. The van der Waals surface area contributed by atoms with E-state index in [1.165, 1.54) is 49.9 Å². The Morgan fingerprint density at radius 2 is 2.00 bits per heavy atom. The first-order valence-electron chi connectivity index (χ1n) is 8.51. The van der Waals surface area contributed by atoms with Crippen molar-refractivity contribution in [3.05, 3.63) is 24.0 Å². The van der Waals surface area contributed by atoms with E-state index in [2.05, 4.69) is 24.5 Å². The number of imidazole rings is 1. The summed E-state index contributed by atoms with van der Waals surface area (Å²) in [6.07, 6.45) is 9.11. The Balaban J connectivity index is 2.07. The molecule has 0 aliphatic heterocycles. The van der Waals surface area contributed by atoms with Gasteiger partial charge in [0.2, 0.25) is 0 Å². The molecule has 0 bridgehead atoms. The lowest BCUT2D eigenvalue weighted by molar-refractivity contribution is 0.243. The Morgan fingerprint density at radius 1 is 1.24 bits per heavy atom. The van der Waals surface area contributed by atoms with Crippen LogP contribution in [0.25, 0.3) is 11.0 Å². The molecule has 0 saturated heterocycles. The molecule has 2 N–H and O–H groups in total. The number of hydrogen-bond acceptors (Lipinski definition) is 2. The fourth-order valence-electron chi connectivity index (χ4n) is 4.03. The molecule has 0 amide bonds. The van der Waals surface area contributed by atoms with Crippen LogP contribution in [0.1, 0.15) is 64.2 Å². The van der Waals surface area contributed by atoms with Crippen LogP contribution in [0, 0.1) is 5.92 Å². The molecule has 1 atom stereocenters. The van der Waals surface area contributed by atoms with Crippen molar-refractivity contribution in [2.45, 2.75) is 64.8 Å². The Kier molecular flexibility index (Phi) is 4.18. The second-order valence-electron chi connectivity index (χ2n) is 6.37. The van der Waals surface area contributed by atoms with Crippen LogP contribution in [-0.4, -0.2) is 9.55 Å². The van der Waals surface area contributed by atoms with Crippen LogP contribution in [0.4, 0.5) is 5.69 Å². The first-order chi connectivity index (χ1) is 10.2. The van der Waals surface area contributed by atoms with Gasteiger partial charge < -0.3 is 10.3 Å². The van der Waals surface area contributed by atoms with E-state index in [0.717, 1.165) is 23.5 Å². The molecule has 21 heavy (non-hydrogen) atoms. The van der Waals surface area contributed by atoms with Gasteiger partial charge >= 0.3 is 0 Å². The molecule has 114 valence electrons. The van der Waals surface area contributed by atoms with Gasteiger partial charge in [-0.1, -0.05) is 33.1 Å². The number of hydrogen-bond donors (Lipinski definition) is 1. The zero-order chi connectivity index (χ0) is 14.8. The van der Waals surface area contributed by atoms with E-state index in [4.69, 9.17) is 10.7 Å². The minimum Gasteiger partial charge on any atom is -0.399 e. The van der Waals surface area contributed by atoms with Crippen LogP contribution >= 0.6 is 0 Å². The maximum absolute atomic E-state index is 5.93. The van der Waals surface area contributed by atoms with Gasteiger partial charge in [0.25, 0.3) is 0 Å². The first kappa shape index (κ1) is 14.4. The normalized spacial score (nSPS) is 18.2. The lowest BCUT2D eigenvalue weighted by Gasteiger charge is -2.32. The molecule has 1 heterocycles. The topological polar surface area (TPSA) is 43.8 Å². The van der Waals surface area contributed by atoms with Crippen molar-refractivity contribution >= 4 is 16.7 Å². The molecule has 2 aromatic rings. The average Bonchev–Trinajstić information content (AvgIpc) is 2.87. The molecule has 1 aromatic carbocycles. The number of fused-ring (bicyclic) bond motifs is 1. The van der Waals surface area contributed by atoms with Gasteiger partial charge in [-0.25, -0.2) is 4.98 Å². The Morgan fingerprint density at radius 3 is 2.67 bits per heavy atom. The minimum absolute atomic E-state index is 0.592. The molecule has 1 fully saturated rings. The van der Waals surface area contributed by atoms with Crippen molar-refractivity contribution in [2.24, 2.45) is 5.92 Å². The molecule has 3 heteroatoms. The summed E-state index contributed by atoms with van der Waals surface area (Å²) in [7, 11) is 0. The highest BCUT2D eigenvalue weighted by Gasteiger charge is 2.26. The summed E-state index contributed by atoms with van der Waals surface area (Å²) in [5, 5.41) is 0. The van der Waals surface area contributed by atoms with E-state index in [1.807, 2.05) is 12.1 Å². The van der Waals surface area contributed by atoms with E-state index in [0.29, 0.717) is 6.04 Å². The Labute approximate surface area is 127 Å². The summed E-state index contributed by atoms with van der Waals surface area (Å²) in [5.74, 6) is 2.03. The molecule has 0 radical (unpaired) electrons. The number of nitrogens with zero attached hydrogens (tertiary/aromatic N) is 2. The molecule has 1 aliphatic carbocycles. The Bertz CT molecular complexity index is 608.